The van der Waals surface area contributed by atoms with Gasteiger partial charge < -0.3 is 15.7 Å². The lowest BCUT2D eigenvalue weighted by molar-refractivity contribution is -0.384. The van der Waals surface area contributed by atoms with Crippen LogP contribution in [0.2, 0.25) is 0 Å². The van der Waals surface area contributed by atoms with Crippen LogP contribution in [0.5, 0.6) is 0 Å². The van der Waals surface area contributed by atoms with Crippen molar-refractivity contribution < 1.29 is 14.8 Å². The van der Waals surface area contributed by atoms with Gasteiger partial charge in [0.25, 0.3) is 5.69 Å². The maximum Gasteiger partial charge on any atom is 0.269 e. The van der Waals surface area contributed by atoms with Gasteiger partial charge in [-0.1, -0.05) is 12.1 Å². The minimum absolute atomic E-state index is 0. The molecule has 1 saturated heterocycles. The van der Waals surface area contributed by atoms with Crippen LogP contribution in [0.25, 0.3) is 0 Å². The van der Waals surface area contributed by atoms with E-state index in [0.717, 1.165) is 5.56 Å². The number of carbonyl (C=O) groups excluding carboxylic acids is 1. The Morgan fingerprint density at radius 2 is 2.23 bits per heavy atom. The molecule has 22 heavy (non-hydrogen) atoms. The molecule has 0 saturated carbocycles. The zero-order valence-electron chi connectivity index (χ0n) is 12.0. The summed E-state index contributed by atoms with van der Waals surface area (Å²) in [5.41, 5.74) is 0.801. The molecule has 7 nitrogen and oxygen atoms in total. The highest BCUT2D eigenvalue weighted by Crippen LogP contribution is 2.14. The summed E-state index contributed by atoms with van der Waals surface area (Å²) in [6.45, 7) is 1.71. The summed E-state index contributed by atoms with van der Waals surface area (Å²) in [4.78, 5) is 22.0. The Hall–Kier alpha value is -1.70. The molecule has 122 valence electrons. The van der Waals surface area contributed by atoms with Crippen LogP contribution in [0.1, 0.15) is 12.0 Å². The third-order valence-electron chi connectivity index (χ3n) is 3.63. The number of non-ortho nitro benzene ring substituents is 1. The van der Waals surface area contributed by atoms with Gasteiger partial charge in [0.1, 0.15) is 0 Å². The topological polar surface area (TPSA) is 104 Å². The molecule has 1 fully saturated rings. The van der Waals surface area contributed by atoms with Crippen LogP contribution in [-0.2, 0) is 11.2 Å². The van der Waals surface area contributed by atoms with Crippen molar-refractivity contribution in [2.75, 3.05) is 19.6 Å². The molecule has 8 heteroatoms. The van der Waals surface area contributed by atoms with E-state index in [4.69, 9.17) is 0 Å². The van der Waals surface area contributed by atoms with Crippen molar-refractivity contribution in [2.45, 2.75) is 18.9 Å². The Balaban J connectivity index is 0.00000242. The SMILES string of the molecule is Cl.O=C(CCc1cccc([N+](=O)[O-])c1)NCC1CNCC1O. The van der Waals surface area contributed by atoms with Crippen molar-refractivity contribution in [3.05, 3.63) is 39.9 Å². The van der Waals surface area contributed by atoms with E-state index < -0.39 is 11.0 Å². The maximum absolute atomic E-state index is 11.8. The molecule has 0 aliphatic carbocycles. The number of nitro groups is 1. The smallest absolute Gasteiger partial charge is 0.269 e. The number of β-amino-alcohol motifs (C(OH)–C–C–N with tert-alkyl or cyclic N) is 1. The van der Waals surface area contributed by atoms with E-state index in [-0.39, 0.29) is 36.3 Å². The van der Waals surface area contributed by atoms with E-state index in [2.05, 4.69) is 10.6 Å². The highest BCUT2D eigenvalue weighted by atomic mass is 35.5. The van der Waals surface area contributed by atoms with Crippen LogP contribution in [-0.4, -0.2) is 41.7 Å². The molecule has 2 rings (SSSR count). The number of aliphatic hydroxyl groups is 1. The number of hydrogen-bond acceptors (Lipinski definition) is 5. The molecule has 2 atom stereocenters. The molecule has 1 amide bonds. The number of nitrogens with zero attached hydrogens (tertiary/aromatic N) is 1. The number of halogens is 1. The number of rotatable bonds is 6. The number of carbonyl (C=O) groups is 1. The Labute approximate surface area is 134 Å². The zero-order chi connectivity index (χ0) is 15.2. The van der Waals surface area contributed by atoms with E-state index in [1.165, 1.54) is 12.1 Å². The van der Waals surface area contributed by atoms with Crippen molar-refractivity contribution in [1.82, 2.24) is 10.6 Å². The van der Waals surface area contributed by atoms with E-state index in [0.29, 0.717) is 26.1 Å². The van der Waals surface area contributed by atoms with Gasteiger partial charge in [-0.05, 0) is 12.0 Å². The molecule has 0 spiro atoms. The average Bonchev–Trinajstić information content (AvgIpc) is 2.88. The van der Waals surface area contributed by atoms with Crippen LogP contribution in [0.4, 0.5) is 5.69 Å². The molecular weight excluding hydrogens is 310 g/mol. The van der Waals surface area contributed by atoms with E-state index in [1.54, 1.807) is 12.1 Å². The van der Waals surface area contributed by atoms with Crippen molar-refractivity contribution in [2.24, 2.45) is 5.92 Å². The Morgan fingerprint density at radius 3 is 2.86 bits per heavy atom. The second-order valence-corrected chi connectivity index (χ2v) is 5.22. The van der Waals surface area contributed by atoms with E-state index >= 15 is 0 Å². The molecule has 1 aromatic carbocycles. The minimum atomic E-state index is -0.446. The van der Waals surface area contributed by atoms with Crippen LogP contribution >= 0.6 is 12.4 Å². The van der Waals surface area contributed by atoms with Gasteiger partial charge in [0.15, 0.2) is 0 Å². The lowest BCUT2D eigenvalue weighted by Gasteiger charge is -2.14. The fraction of sp³-hybridized carbons (Fsp3) is 0.500. The highest BCUT2D eigenvalue weighted by molar-refractivity contribution is 5.85. The molecule has 0 bridgehead atoms. The number of amides is 1. The summed E-state index contributed by atoms with van der Waals surface area (Å²) < 4.78 is 0. The van der Waals surface area contributed by atoms with Crippen LogP contribution in [0.15, 0.2) is 24.3 Å². The predicted octanol–water partition coefficient (Wildman–Crippen LogP) is 0.646. The van der Waals surface area contributed by atoms with Gasteiger partial charge in [0, 0.05) is 44.1 Å². The second-order valence-electron chi connectivity index (χ2n) is 5.22. The van der Waals surface area contributed by atoms with E-state index in [1.807, 2.05) is 0 Å². The maximum atomic E-state index is 11.8. The fourth-order valence-electron chi connectivity index (χ4n) is 2.34. The van der Waals surface area contributed by atoms with Crippen molar-refractivity contribution in [3.8, 4) is 0 Å². The summed E-state index contributed by atoms with van der Waals surface area (Å²) in [5.74, 6) is -0.0626. The normalized spacial score (nSPS) is 20.2. The quantitative estimate of drug-likeness (QED) is 0.525. The molecule has 0 aromatic heterocycles. The number of benzene rings is 1. The summed E-state index contributed by atoms with van der Waals surface area (Å²) in [6.07, 6.45) is 0.318. The van der Waals surface area contributed by atoms with Crippen LogP contribution < -0.4 is 10.6 Å². The Kier molecular flexibility index (Phi) is 7.23. The third-order valence-corrected chi connectivity index (χ3v) is 3.63. The Bertz CT molecular complexity index is 527. The molecule has 3 N–H and O–H groups in total. The summed E-state index contributed by atoms with van der Waals surface area (Å²) in [6, 6.07) is 6.30. The first-order valence-electron chi connectivity index (χ1n) is 6.95. The molecule has 1 aliphatic rings. The highest BCUT2D eigenvalue weighted by Gasteiger charge is 2.24. The van der Waals surface area contributed by atoms with Crippen molar-refractivity contribution in [3.63, 3.8) is 0 Å². The van der Waals surface area contributed by atoms with Crippen molar-refractivity contribution >= 4 is 24.0 Å². The average molecular weight is 330 g/mol. The Morgan fingerprint density at radius 1 is 1.45 bits per heavy atom. The van der Waals surface area contributed by atoms with Gasteiger partial charge in [0.05, 0.1) is 11.0 Å². The number of nitro benzene ring substituents is 1. The van der Waals surface area contributed by atoms with Gasteiger partial charge >= 0.3 is 0 Å². The number of hydrogen-bond donors (Lipinski definition) is 3. The first kappa shape index (κ1) is 18.3. The molecule has 2 unspecified atom stereocenters. The summed E-state index contributed by atoms with van der Waals surface area (Å²) >= 11 is 0. The van der Waals surface area contributed by atoms with Crippen LogP contribution in [0, 0.1) is 16.0 Å². The van der Waals surface area contributed by atoms with Crippen LogP contribution in [0.3, 0.4) is 0 Å². The molecule has 1 aromatic rings. The summed E-state index contributed by atoms with van der Waals surface area (Å²) in [5, 5.41) is 26.1. The van der Waals surface area contributed by atoms with E-state index in [9.17, 15) is 20.0 Å². The number of nitrogens with one attached hydrogen (secondary N) is 2. The molecule has 1 heterocycles. The van der Waals surface area contributed by atoms with Gasteiger partial charge in [-0.2, -0.15) is 0 Å². The second kappa shape index (κ2) is 8.67. The molecule has 1 aliphatic heterocycles. The lowest BCUT2D eigenvalue weighted by Crippen LogP contribution is -2.34. The zero-order valence-corrected chi connectivity index (χ0v) is 12.8. The van der Waals surface area contributed by atoms with Gasteiger partial charge in [-0.3, -0.25) is 14.9 Å². The first-order chi connectivity index (χ1) is 10.1. The first-order valence-corrected chi connectivity index (χ1v) is 6.95. The van der Waals surface area contributed by atoms with Gasteiger partial charge in [0.2, 0.25) is 5.91 Å². The number of aliphatic hydroxyl groups excluding tert-OH is 1. The largest absolute Gasteiger partial charge is 0.391 e. The monoisotopic (exact) mass is 329 g/mol. The van der Waals surface area contributed by atoms with Gasteiger partial charge in [-0.25, -0.2) is 0 Å². The minimum Gasteiger partial charge on any atom is -0.391 e. The fourth-order valence-corrected chi connectivity index (χ4v) is 2.34. The standard InChI is InChI=1S/C14H19N3O4.ClH/c18-13-9-15-7-11(13)8-16-14(19)5-4-10-2-1-3-12(6-10)17(20)21;/h1-3,6,11,13,15,18H,4-5,7-9H2,(H,16,19);1H. The molecular formula is C14H20ClN3O4. The van der Waals surface area contributed by atoms with Gasteiger partial charge in [-0.15, -0.1) is 12.4 Å². The number of aryl methyl sites for hydroxylation is 1. The lowest BCUT2D eigenvalue weighted by atomic mass is 10.1. The molecule has 0 radical (unpaired) electrons. The predicted molar refractivity (Wildman–Crippen MR) is 84.0 cm³/mol. The summed E-state index contributed by atoms with van der Waals surface area (Å²) in [7, 11) is 0. The third kappa shape index (κ3) is 5.25. The van der Waals surface area contributed by atoms with Crippen molar-refractivity contribution in [1.29, 1.82) is 0 Å².